The average Bonchev–Trinajstić information content (AvgIpc) is 3.41. The third-order valence-electron chi connectivity index (χ3n) is 5.22. The van der Waals surface area contributed by atoms with Crippen LogP contribution in [0.15, 0.2) is 71.6 Å². The number of hydrogen-bond acceptors (Lipinski definition) is 6. The third kappa shape index (κ3) is 3.80. The summed E-state index contributed by atoms with van der Waals surface area (Å²) in [5.41, 5.74) is 1.05. The molecule has 0 aliphatic carbocycles. The Morgan fingerprint density at radius 2 is 1.84 bits per heavy atom. The molecule has 31 heavy (non-hydrogen) atoms. The molecule has 1 N–H and O–H groups in total. The van der Waals surface area contributed by atoms with Gasteiger partial charge in [0.1, 0.15) is 17.3 Å². The largest absolute Gasteiger partial charge is 0.507 e. The lowest BCUT2D eigenvalue weighted by molar-refractivity contribution is -0.140. The van der Waals surface area contributed by atoms with Gasteiger partial charge in [-0.2, -0.15) is 0 Å². The highest BCUT2D eigenvalue weighted by molar-refractivity contribution is 7.09. The van der Waals surface area contributed by atoms with Gasteiger partial charge in [-0.25, -0.2) is 0 Å². The minimum atomic E-state index is -0.762. The molecule has 1 aliphatic heterocycles. The van der Waals surface area contributed by atoms with Gasteiger partial charge in [-0.1, -0.05) is 30.3 Å². The molecule has 6 nitrogen and oxygen atoms in total. The molecule has 0 spiro atoms. The van der Waals surface area contributed by atoms with Gasteiger partial charge in [0.25, 0.3) is 11.7 Å². The highest BCUT2D eigenvalue weighted by atomic mass is 32.1. The van der Waals surface area contributed by atoms with E-state index in [2.05, 4.69) is 0 Å². The summed E-state index contributed by atoms with van der Waals surface area (Å²) in [4.78, 5) is 28.6. The van der Waals surface area contributed by atoms with Gasteiger partial charge in [0.15, 0.2) is 0 Å². The van der Waals surface area contributed by atoms with E-state index in [-0.39, 0.29) is 17.9 Å². The number of carbonyl (C=O) groups excluding carboxylic acids is 2. The summed E-state index contributed by atoms with van der Waals surface area (Å²) in [6.45, 7) is 0.257. The monoisotopic (exact) mass is 435 g/mol. The molecule has 1 aromatic heterocycles. The van der Waals surface area contributed by atoms with E-state index in [9.17, 15) is 14.7 Å². The molecular formula is C24H21NO5S. The van der Waals surface area contributed by atoms with Gasteiger partial charge in [-0.05, 0) is 41.3 Å². The van der Waals surface area contributed by atoms with Gasteiger partial charge in [0.2, 0.25) is 0 Å². The molecule has 0 radical (unpaired) electrons. The standard InChI is InChI=1S/C24H21NO5S/c1-29-16-8-5-7-15(13-16)21-20(22(26)18-10-3-4-11-19(18)30-2)23(27)24(28)25(21)14-17-9-6-12-31-17/h3-13,21,26H,14H2,1-2H3/b22-20-. The van der Waals surface area contributed by atoms with Crippen LogP contribution in [-0.2, 0) is 16.1 Å². The first-order chi connectivity index (χ1) is 15.0. The van der Waals surface area contributed by atoms with E-state index in [4.69, 9.17) is 9.47 Å². The van der Waals surface area contributed by atoms with Crippen LogP contribution in [0.4, 0.5) is 0 Å². The van der Waals surface area contributed by atoms with Crippen LogP contribution in [0.3, 0.4) is 0 Å². The smallest absolute Gasteiger partial charge is 0.295 e. The molecule has 0 saturated carbocycles. The van der Waals surface area contributed by atoms with Crippen molar-refractivity contribution in [3.05, 3.63) is 87.6 Å². The number of methoxy groups -OCH3 is 2. The normalized spacial score (nSPS) is 17.7. The maximum Gasteiger partial charge on any atom is 0.295 e. The Balaban J connectivity index is 1.91. The number of rotatable bonds is 6. The molecule has 2 heterocycles. The Bertz CT molecular complexity index is 1150. The number of ether oxygens (including phenoxy) is 2. The number of hydrogen-bond donors (Lipinski definition) is 1. The first-order valence-electron chi connectivity index (χ1n) is 9.63. The van der Waals surface area contributed by atoms with Crippen LogP contribution in [-0.4, -0.2) is 35.9 Å². The number of carbonyl (C=O) groups is 2. The predicted octanol–water partition coefficient (Wildman–Crippen LogP) is 4.39. The number of benzene rings is 2. The van der Waals surface area contributed by atoms with Crippen molar-refractivity contribution in [3.63, 3.8) is 0 Å². The van der Waals surface area contributed by atoms with Crippen molar-refractivity contribution in [2.75, 3.05) is 14.2 Å². The molecule has 1 amide bonds. The van der Waals surface area contributed by atoms with Crippen molar-refractivity contribution >= 4 is 28.8 Å². The molecule has 1 unspecified atom stereocenters. The minimum Gasteiger partial charge on any atom is -0.507 e. The fourth-order valence-electron chi connectivity index (χ4n) is 3.76. The highest BCUT2D eigenvalue weighted by Crippen LogP contribution is 2.42. The summed E-state index contributed by atoms with van der Waals surface area (Å²) in [6, 6.07) is 17.1. The van der Waals surface area contributed by atoms with Crippen LogP contribution in [0, 0.1) is 0 Å². The highest BCUT2D eigenvalue weighted by Gasteiger charge is 2.46. The fourth-order valence-corrected chi connectivity index (χ4v) is 4.46. The van der Waals surface area contributed by atoms with Crippen LogP contribution >= 0.6 is 11.3 Å². The summed E-state index contributed by atoms with van der Waals surface area (Å²) in [6.07, 6.45) is 0. The summed E-state index contributed by atoms with van der Waals surface area (Å²) in [7, 11) is 3.04. The number of amides is 1. The molecule has 2 aromatic carbocycles. The molecule has 1 atom stereocenters. The molecule has 7 heteroatoms. The lowest BCUT2D eigenvalue weighted by atomic mass is 9.95. The second kappa shape index (κ2) is 8.65. The van der Waals surface area contributed by atoms with Crippen LogP contribution in [0.5, 0.6) is 11.5 Å². The van der Waals surface area contributed by atoms with E-state index in [1.807, 2.05) is 23.6 Å². The van der Waals surface area contributed by atoms with E-state index < -0.39 is 17.7 Å². The first-order valence-corrected chi connectivity index (χ1v) is 10.5. The lowest BCUT2D eigenvalue weighted by Gasteiger charge is -2.25. The van der Waals surface area contributed by atoms with Crippen LogP contribution in [0.1, 0.15) is 22.0 Å². The molecule has 158 valence electrons. The summed E-state index contributed by atoms with van der Waals surface area (Å²) in [5.74, 6) is -0.645. The van der Waals surface area contributed by atoms with Crippen molar-refractivity contribution in [2.24, 2.45) is 0 Å². The van der Waals surface area contributed by atoms with Gasteiger partial charge < -0.3 is 19.5 Å². The Morgan fingerprint density at radius 1 is 1.03 bits per heavy atom. The molecule has 0 bridgehead atoms. The number of Topliss-reactive ketones (excluding diaryl/α,β-unsaturated/α-hetero) is 1. The minimum absolute atomic E-state index is 0.0271. The van der Waals surface area contributed by atoms with Gasteiger partial charge in [-0.3, -0.25) is 9.59 Å². The zero-order valence-electron chi connectivity index (χ0n) is 17.1. The maximum atomic E-state index is 13.1. The third-order valence-corrected chi connectivity index (χ3v) is 6.08. The second-order valence-corrected chi connectivity index (χ2v) is 8.02. The van der Waals surface area contributed by atoms with E-state index in [1.165, 1.54) is 23.3 Å². The van der Waals surface area contributed by atoms with Crippen LogP contribution in [0.25, 0.3) is 5.76 Å². The van der Waals surface area contributed by atoms with Crippen LogP contribution in [0.2, 0.25) is 0 Å². The molecule has 3 aromatic rings. The number of thiophene rings is 1. The van der Waals surface area contributed by atoms with Crippen molar-refractivity contribution in [2.45, 2.75) is 12.6 Å². The van der Waals surface area contributed by atoms with Gasteiger partial charge in [0, 0.05) is 4.88 Å². The summed E-state index contributed by atoms with van der Waals surface area (Å²) < 4.78 is 10.7. The average molecular weight is 436 g/mol. The number of likely N-dealkylation sites (tertiary alicyclic amines) is 1. The number of para-hydroxylation sites is 1. The van der Waals surface area contributed by atoms with Gasteiger partial charge in [-0.15, -0.1) is 11.3 Å². The van der Waals surface area contributed by atoms with E-state index in [1.54, 1.807) is 49.6 Å². The van der Waals surface area contributed by atoms with Crippen molar-refractivity contribution in [3.8, 4) is 11.5 Å². The Kier molecular flexibility index (Phi) is 5.77. The zero-order chi connectivity index (χ0) is 22.0. The molecular weight excluding hydrogens is 414 g/mol. The Hall–Kier alpha value is -3.58. The summed E-state index contributed by atoms with van der Waals surface area (Å²) in [5, 5.41) is 13.1. The molecule has 4 rings (SSSR count). The fraction of sp³-hybridized carbons (Fsp3) is 0.167. The number of ketones is 1. The Morgan fingerprint density at radius 3 is 2.55 bits per heavy atom. The van der Waals surface area contributed by atoms with Gasteiger partial charge >= 0.3 is 0 Å². The zero-order valence-corrected chi connectivity index (χ0v) is 17.9. The maximum absolute atomic E-state index is 13.1. The molecule has 1 saturated heterocycles. The van der Waals surface area contributed by atoms with E-state index >= 15 is 0 Å². The van der Waals surface area contributed by atoms with Gasteiger partial charge in [0.05, 0.1) is 37.9 Å². The van der Waals surface area contributed by atoms with Crippen molar-refractivity contribution in [1.29, 1.82) is 0 Å². The SMILES string of the molecule is COc1cccc(C2/C(=C(/O)c3ccccc3OC)C(=O)C(=O)N2Cc2cccs2)c1. The Labute approximate surface area is 184 Å². The predicted molar refractivity (Wildman–Crippen MR) is 118 cm³/mol. The summed E-state index contributed by atoms with van der Waals surface area (Å²) >= 11 is 1.50. The van der Waals surface area contributed by atoms with Crippen LogP contribution < -0.4 is 9.47 Å². The first kappa shape index (κ1) is 20.7. The number of aliphatic hydroxyl groups is 1. The van der Waals surface area contributed by atoms with Crippen molar-refractivity contribution in [1.82, 2.24) is 4.90 Å². The topological polar surface area (TPSA) is 76.1 Å². The quantitative estimate of drug-likeness (QED) is 0.353. The molecule has 1 fully saturated rings. The van der Waals surface area contributed by atoms with Crippen molar-refractivity contribution < 1.29 is 24.2 Å². The van der Waals surface area contributed by atoms with E-state index in [0.717, 1.165) is 4.88 Å². The lowest BCUT2D eigenvalue weighted by Crippen LogP contribution is -2.28. The number of aliphatic hydroxyl groups excluding tert-OH is 1. The second-order valence-electron chi connectivity index (χ2n) is 6.98. The van der Waals surface area contributed by atoms with E-state index in [0.29, 0.717) is 22.6 Å². The molecule has 1 aliphatic rings. The number of nitrogens with zero attached hydrogens (tertiary/aromatic N) is 1.